The Hall–Kier alpha value is -4.86. The summed E-state index contributed by atoms with van der Waals surface area (Å²) in [6.45, 7) is 0.453. The minimum absolute atomic E-state index is 0.0777. The summed E-state index contributed by atoms with van der Waals surface area (Å²) in [5.41, 5.74) is 3.12. The van der Waals surface area contributed by atoms with Crippen LogP contribution in [0.5, 0.6) is 5.75 Å². The number of H-pyrrole nitrogens is 1. The van der Waals surface area contributed by atoms with Crippen LogP contribution in [0.2, 0.25) is 0 Å². The number of hydrogen-bond acceptors (Lipinski definition) is 5. The number of ether oxygens (including phenoxy) is 1. The van der Waals surface area contributed by atoms with Crippen LogP contribution in [-0.4, -0.2) is 41.5 Å². The summed E-state index contributed by atoms with van der Waals surface area (Å²) in [5.74, 6) is 0.508. The van der Waals surface area contributed by atoms with E-state index in [-0.39, 0.29) is 23.4 Å². The lowest BCUT2D eigenvalue weighted by atomic mass is 9.69. The highest BCUT2D eigenvalue weighted by Crippen LogP contribution is 2.39. The van der Waals surface area contributed by atoms with Crippen molar-refractivity contribution in [1.82, 2.24) is 15.6 Å². The number of fused-ring (bicyclic) bond motifs is 1. The molecule has 0 saturated heterocycles. The van der Waals surface area contributed by atoms with Crippen LogP contribution >= 0.6 is 0 Å². The van der Waals surface area contributed by atoms with Gasteiger partial charge in [-0.3, -0.25) is 14.9 Å². The lowest BCUT2D eigenvalue weighted by Crippen LogP contribution is -2.52. The van der Waals surface area contributed by atoms with Crippen LogP contribution in [0.3, 0.4) is 0 Å². The predicted octanol–water partition coefficient (Wildman–Crippen LogP) is 5.84. The van der Waals surface area contributed by atoms with Crippen molar-refractivity contribution in [3.05, 3.63) is 100 Å². The molecule has 1 aromatic heterocycles. The number of aromatic nitrogens is 1. The average molecular weight is 570 g/mol. The number of urea groups is 1. The second-order valence-electron chi connectivity index (χ2n) is 10.8. The van der Waals surface area contributed by atoms with Crippen LogP contribution in [0.1, 0.15) is 43.2 Å². The number of carbonyl (C=O) groups is 2. The molecule has 0 aliphatic heterocycles. The topological polar surface area (TPSA) is 138 Å². The average Bonchev–Trinajstić information content (AvgIpc) is 3.43. The molecule has 0 bridgehead atoms. The number of nitro benzene ring substituents is 1. The number of nitro groups is 1. The summed E-state index contributed by atoms with van der Waals surface area (Å²) in [6.07, 6.45) is 7.38. The molecule has 1 saturated carbocycles. The van der Waals surface area contributed by atoms with Crippen molar-refractivity contribution in [2.75, 3.05) is 19.0 Å². The summed E-state index contributed by atoms with van der Waals surface area (Å²) in [5, 5.41) is 20.6. The van der Waals surface area contributed by atoms with Crippen LogP contribution in [0.4, 0.5) is 16.2 Å². The van der Waals surface area contributed by atoms with E-state index in [9.17, 15) is 19.7 Å². The number of methoxy groups -OCH3 is 1. The normalized spacial score (nSPS) is 15.0. The monoisotopic (exact) mass is 569 g/mol. The largest absolute Gasteiger partial charge is 0.497 e. The fourth-order valence-electron chi connectivity index (χ4n) is 5.84. The van der Waals surface area contributed by atoms with E-state index in [1.165, 1.54) is 36.2 Å². The predicted molar refractivity (Wildman–Crippen MR) is 162 cm³/mol. The smallest absolute Gasteiger partial charge is 0.319 e. The fraction of sp³-hybridized carbons (Fsp3) is 0.312. The van der Waals surface area contributed by atoms with Crippen molar-refractivity contribution in [3.63, 3.8) is 0 Å². The maximum atomic E-state index is 13.8. The van der Waals surface area contributed by atoms with Crippen LogP contribution in [0.25, 0.3) is 10.9 Å². The number of anilines is 1. The van der Waals surface area contributed by atoms with E-state index < -0.39 is 17.0 Å². The van der Waals surface area contributed by atoms with Gasteiger partial charge in [0.15, 0.2) is 0 Å². The van der Waals surface area contributed by atoms with Gasteiger partial charge in [0, 0.05) is 53.3 Å². The van der Waals surface area contributed by atoms with Gasteiger partial charge in [-0.25, -0.2) is 4.79 Å². The molecule has 0 radical (unpaired) electrons. The van der Waals surface area contributed by atoms with Gasteiger partial charge in [0.2, 0.25) is 5.91 Å². The van der Waals surface area contributed by atoms with Crippen molar-refractivity contribution in [2.24, 2.45) is 0 Å². The summed E-state index contributed by atoms with van der Waals surface area (Å²) in [4.78, 5) is 40.5. The molecular formula is C32H35N5O5. The van der Waals surface area contributed by atoms with Gasteiger partial charge in [0.1, 0.15) is 11.8 Å². The quantitative estimate of drug-likeness (QED) is 0.140. The third kappa shape index (κ3) is 6.54. The Balaban J connectivity index is 1.34. The van der Waals surface area contributed by atoms with Crippen LogP contribution < -0.4 is 20.7 Å². The Labute approximate surface area is 244 Å². The third-order valence-electron chi connectivity index (χ3n) is 8.17. The lowest BCUT2D eigenvalue weighted by Gasteiger charge is -2.38. The first kappa shape index (κ1) is 28.7. The highest BCUT2D eigenvalue weighted by Gasteiger charge is 2.35. The number of carbonyl (C=O) groups excluding carboxylic acids is 2. The molecule has 0 spiro atoms. The Bertz CT molecular complexity index is 1540. The Morgan fingerprint density at radius 2 is 1.71 bits per heavy atom. The summed E-state index contributed by atoms with van der Waals surface area (Å²) < 4.78 is 5.35. The molecule has 5 rings (SSSR count). The first-order valence-corrected chi connectivity index (χ1v) is 14.2. The molecule has 4 N–H and O–H groups in total. The Morgan fingerprint density at radius 3 is 2.40 bits per heavy atom. The molecule has 1 fully saturated rings. The van der Waals surface area contributed by atoms with Gasteiger partial charge in [-0.2, -0.15) is 0 Å². The zero-order valence-corrected chi connectivity index (χ0v) is 23.5. The maximum absolute atomic E-state index is 13.8. The lowest BCUT2D eigenvalue weighted by molar-refractivity contribution is -0.384. The first-order chi connectivity index (χ1) is 20.4. The highest BCUT2D eigenvalue weighted by molar-refractivity contribution is 5.94. The first-order valence-electron chi connectivity index (χ1n) is 14.2. The summed E-state index contributed by atoms with van der Waals surface area (Å²) >= 11 is 0. The van der Waals surface area contributed by atoms with E-state index in [0.29, 0.717) is 12.2 Å². The van der Waals surface area contributed by atoms with Gasteiger partial charge < -0.3 is 25.7 Å². The number of nitrogens with zero attached hydrogens (tertiary/aromatic N) is 1. The zero-order valence-electron chi connectivity index (χ0n) is 23.5. The molecule has 1 heterocycles. The van der Waals surface area contributed by atoms with Crippen molar-refractivity contribution in [2.45, 2.75) is 50.0 Å². The SMILES string of the molecule is COc1ccc(C2(CNC(=O)C(Cc3c[nH]c4ccccc34)NC(=O)Nc3ccc([N+](=O)[O-])cc3)CCCCC2)cc1. The van der Waals surface area contributed by atoms with E-state index >= 15 is 0 Å². The molecule has 10 heteroatoms. The van der Waals surface area contributed by atoms with Crippen molar-refractivity contribution in [1.29, 1.82) is 0 Å². The van der Waals surface area contributed by atoms with Gasteiger partial charge in [0.05, 0.1) is 12.0 Å². The number of amides is 3. The van der Waals surface area contributed by atoms with Crippen LogP contribution in [-0.2, 0) is 16.6 Å². The van der Waals surface area contributed by atoms with E-state index in [0.717, 1.165) is 47.9 Å². The number of rotatable bonds is 10. The number of hydrogen-bond donors (Lipinski definition) is 4. The molecule has 10 nitrogen and oxygen atoms in total. The van der Waals surface area contributed by atoms with Gasteiger partial charge in [-0.05, 0) is 54.3 Å². The summed E-state index contributed by atoms with van der Waals surface area (Å²) in [7, 11) is 1.64. The van der Waals surface area contributed by atoms with Gasteiger partial charge in [-0.15, -0.1) is 0 Å². The van der Waals surface area contributed by atoms with Crippen LogP contribution in [0, 0.1) is 10.1 Å². The molecule has 3 aromatic carbocycles. The minimum atomic E-state index is -0.862. The Kier molecular flexibility index (Phi) is 8.71. The second-order valence-corrected chi connectivity index (χ2v) is 10.8. The standard InChI is InChI=1S/C32H35N5O5/c1-42-26-15-9-23(10-16-26)32(17-5-2-6-18-32)21-34-30(38)29(19-22-20-33-28-8-4-3-7-27(22)28)36-31(39)35-24-11-13-25(14-12-24)37(40)41/h3-4,7-16,20,29,33H,2,5-6,17-19,21H2,1H3,(H,34,38)(H2,35,36,39). The minimum Gasteiger partial charge on any atom is -0.497 e. The van der Waals surface area contributed by atoms with Crippen molar-refractivity contribution < 1.29 is 19.2 Å². The Morgan fingerprint density at radius 1 is 1.00 bits per heavy atom. The number of para-hydroxylation sites is 1. The molecule has 1 aliphatic rings. The van der Waals surface area contributed by atoms with E-state index in [1.54, 1.807) is 7.11 Å². The van der Waals surface area contributed by atoms with E-state index in [4.69, 9.17) is 4.74 Å². The van der Waals surface area contributed by atoms with Gasteiger partial charge in [-0.1, -0.05) is 49.6 Å². The van der Waals surface area contributed by atoms with E-state index in [2.05, 4.69) is 33.1 Å². The molecule has 218 valence electrons. The molecule has 1 atom stereocenters. The maximum Gasteiger partial charge on any atom is 0.319 e. The second kappa shape index (κ2) is 12.8. The molecular weight excluding hydrogens is 534 g/mol. The molecule has 3 amide bonds. The number of benzene rings is 3. The third-order valence-corrected chi connectivity index (χ3v) is 8.17. The van der Waals surface area contributed by atoms with Crippen molar-refractivity contribution in [3.8, 4) is 5.75 Å². The number of aromatic amines is 1. The molecule has 1 unspecified atom stereocenters. The fourth-order valence-corrected chi connectivity index (χ4v) is 5.84. The summed E-state index contributed by atoms with van der Waals surface area (Å²) in [6, 6.07) is 20.0. The highest BCUT2D eigenvalue weighted by atomic mass is 16.6. The molecule has 4 aromatic rings. The van der Waals surface area contributed by atoms with E-state index in [1.807, 2.05) is 42.6 Å². The van der Waals surface area contributed by atoms with Gasteiger partial charge >= 0.3 is 6.03 Å². The molecule has 1 aliphatic carbocycles. The zero-order chi connectivity index (χ0) is 29.5. The molecule has 42 heavy (non-hydrogen) atoms. The van der Waals surface area contributed by atoms with Crippen molar-refractivity contribution >= 4 is 34.2 Å². The number of nitrogens with one attached hydrogen (secondary N) is 4. The van der Waals surface area contributed by atoms with Gasteiger partial charge in [0.25, 0.3) is 5.69 Å². The van der Waals surface area contributed by atoms with Crippen LogP contribution in [0.15, 0.2) is 79.0 Å². The number of non-ortho nitro benzene ring substituents is 1.